The Hall–Kier alpha value is -1.41. The highest BCUT2D eigenvalue weighted by Crippen LogP contribution is 2.24. The summed E-state index contributed by atoms with van der Waals surface area (Å²) in [5.74, 6) is -0.0322. The number of sulfonamides is 1. The van der Waals surface area contributed by atoms with Gasteiger partial charge in [-0.1, -0.05) is 12.8 Å². The Bertz CT molecular complexity index is 675. The Morgan fingerprint density at radius 1 is 1.29 bits per heavy atom. The molecule has 0 spiro atoms. The molecule has 0 bridgehead atoms. The summed E-state index contributed by atoms with van der Waals surface area (Å²) in [4.78, 5) is 12.4. The maximum absolute atomic E-state index is 12.4. The summed E-state index contributed by atoms with van der Waals surface area (Å²) in [6, 6.07) is 1.78. The topological polar surface area (TPSA) is 93.1 Å². The predicted octanol–water partition coefficient (Wildman–Crippen LogP) is 1.06. The summed E-state index contributed by atoms with van der Waals surface area (Å²) in [6.45, 7) is 1.36. The van der Waals surface area contributed by atoms with Crippen molar-refractivity contribution in [1.29, 1.82) is 0 Å². The highest BCUT2D eigenvalue weighted by Gasteiger charge is 2.28. The molecule has 1 amide bonds. The summed E-state index contributed by atoms with van der Waals surface area (Å²) in [5, 5.41) is 7.33. The molecule has 1 aromatic heterocycles. The van der Waals surface area contributed by atoms with E-state index in [0.29, 0.717) is 12.2 Å². The molecule has 1 aliphatic heterocycles. The average molecular weight is 354 g/mol. The maximum atomic E-state index is 12.4. The van der Waals surface area contributed by atoms with Crippen LogP contribution in [0, 0.1) is 5.92 Å². The fourth-order valence-corrected chi connectivity index (χ4v) is 4.59. The minimum atomic E-state index is -3.23. The van der Waals surface area contributed by atoms with Crippen LogP contribution in [0.5, 0.6) is 0 Å². The van der Waals surface area contributed by atoms with E-state index in [2.05, 4.69) is 15.1 Å². The normalized spacial score (nSPS) is 24.4. The number of carbonyl (C=O) groups excluding carboxylic acids is 1. The molecule has 8 heteroatoms. The molecule has 2 atom stereocenters. The van der Waals surface area contributed by atoms with Gasteiger partial charge in [-0.2, -0.15) is 5.10 Å². The Morgan fingerprint density at radius 2 is 2.08 bits per heavy atom. The summed E-state index contributed by atoms with van der Waals surface area (Å²) in [7, 11) is -3.23. The Kier molecular flexibility index (Phi) is 5.24. The van der Waals surface area contributed by atoms with E-state index in [-0.39, 0.29) is 17.9 Å². The zero-order valence-electron chi connectivity index (χ0n) is 14.1. The summed E-state index contributed by atoms with van der Waals surface area (Å²) >= 11 is 0. The fraction of sp³-hybridized carbons (Fsp3) is 0.750. The van der Waals surface area contributed by atoms with Crippen LogP contribution < -0.4 is 10.0 Å². The van der Waals surface area contributed by atoms with Gasteiger partial charge in [0.2, 0.25) is 10.0 Å². The molecule has 0 aromatic carbocycles. The summed E-state index contributed by atoms with van der Waals surface area (Å²) in [6.07, 6.45) is 8.26. The average Bonchev–Trinajstić information content (AvgIpc) is 2.96. The summed E-state index contributed by atoms with van der Waals surface area (Å²) in [5.41, 5.74) is 1.59. The number of hydrogen-bond acceptors (Lipinski definition) is 4. The standard InChI is InChI=1S/C16H26N4O3S/c1-24(22,23)19-14-8-3-2-6-12(14)11-17-16(21)15-10-13-7-4-5-9-20(13)18-15/h10,12,14,19H,2-9,11H2,1H3,(H,17,21). The molecular weight excluding hydrogens is 328 g/mol. The quantitative estimate of drug-likeness (QED) is 0.827. The van der Waals surface area contributed by atoms with Gasteiger partial charge in [-0.15, -0.1) is 0 Å². The fourth-order valence-electron chi connectivity index (χ4n) is 3.73. The third-order valence-electron chi connectivity index (χ3n) is 4.95. The zero-order chi connectivity index (χ0) is 17.2. The van der Waals surface area contributed by atoms with Crippen molar-refractivity contribution < 1.29 is 13.2 Å². The van der Waals surface area contributed by atoms with Crippen molar-refractivity contribution in [2.45, 2.75) is 57.5 Å². The van der Waals surface area contributed by atoms with E-state index >= 15 is 0 Å². The lowest BCUT2D eigenvalue weighted by Gasteiger charge is -2.31. The van der Waals surface area contributed by atoms with E-state index in [1.807, 2.05) is 10.7 Å². The largest absolute Gasteiger partial charge is 0.350 e. The third-order valence-corrected chi connectivity index (χ3v) is 5.68. The smallest absolute Gasteiger partial charge is 0.271 e. The van der Waals surface area contributed by atoms with Crippen molar-refractivity contribution in [3.8, 4) is 0 Å². The van der Waals surface area contributed by atoms with Gasteiger partial charge in [0.25, 0.3) is 5.91 Å². The van der Waals surface area contributed by atoms with Crippen molar-refractivity contribution in [3.05, 3.63) is 17.5 Å². The van der Waals surface area contributed by atoms with Crippen molar-refractivity contribution in [2.75, 3.05) is 12.8 Å². The molecule has 2 aliphatic rings. The highest BCUT2D eigenvalue weighted by atomic mass is 32.2. The van der Waals surface area contributed by atoms with Gasteiger partial charge in [0.05, 0.1) is 6.26 Å². The monoisotopic (exact) mass is 354 g/mol. The van der Waals surface area contributed by atoms with Crippen LogP contribution in [0.4, 0.5) is 0 Å². The number of amides is 1. The molecule has 1 aromatic rings. The molecule has 3 rings (SSSR count). The van der Waals surface area contributed by atoms with Crippen molar-refractivity contribution in [2.24, 2.45) is 5.92 Å². The van der Waals surface area contributed by atoms with Crippen molar-refractivity contribution in [3.63, 3.8) is 0 Å². The Labute approximate surface area is 143 Å². The first-order chi connectivity index (χ1) is 11.4. The second kappa shape index (κ2) is 7.23. The molecule has 2 heterocycles. The molecule has 7 nitrogen and oxygen atoms in total. The minimum absolute atomic E-state index is 0.0933. The maximum Gasteiger partial charge on any atom is 0.271 e. The van der Waals surface area contributed by atoms with E-state index in [4.69, 9.17) is 0 Å². The number of rotatable bonds is 5. The van der Waals surface area contributed by atoms with Crippen LogP contribution in [0.3, 0.4) is 0 Å². The molecule has 1 aliphatic carbocycles. The van der Waals surface area contributed by atoms with Gasteiger partial charge in [0.15, 0.2) is 0 Å². The van der Waals surface area contributed by atoms with Crippen molar-refractivity contribution in [1.82, 2.24) is 19.8 Å². The van der Waals surface area contributed by atoms with Crippen LogP contribution in [0.15, 0.2) is 6.07 Å². The number of carbonyl (C=O) groups is 1. The first kappa shape index (κ1) is 17.4. The van der Waals surface area contributed by atoms with Gasteiger partial charge in [-0.05, 0) is 44.1 Å². The minimum Gasteiger partial charge on any atom is -0.350 e. The highest BCUT2D eigenvalue weighted by molar-refractivity contribution is 7.88. The summed E-state index contributed by atoms with van der Waals surface area (Å²) < 4.78 is 27.6. The first-order valence-corrected chi connectivity index (χ1v) is 10.6. The molecule has 24 heavy (non-hydrogen) atoms. The Balaban J connectivity index is 1.59. The lowest BCUT2D eigenvalue weighted by atomic mass is 9.85. The van der Waals surface area contributed by atoms with Crippen LogP contribution in [-0.4, -0.2) is 42.9 Å². The number of aromatic nitrogens is 2. The van der Waals surface area contributed by atoms with Crippen LogP contribution in [0.25, 0.3) is 0 Å². The second-order valence-electron chi connectivity index (χ2n) is 6.95. The third kappa shape index (κ3) is 4.36. The van der Waals surface area contributed by atoms with Crippen molar-refractivity contribution >= 4 is 15.9 Å². The van der Waals surface area contributed by atoms with E-state index in [1.54, 1.807) is 0 Å². The molecule has 0 radical (unpaired) electrons. The number of nitrogens with one attached hydrogen (secondary N) is 2. The van der Waals surface area contributed by atoms with Crippen LogP contribution >= 0.6 is 0 Å². The van der Waals surface area contributed by atoms with E-state index in [0.717, 1.165) is 57.2 Å². The molecule has 1 fully saturated rings. The van der Waals surface area contributed by atoms with Crippen LogP contribution in [0.1, 0.15) is 54.7 Å². The lowest BCUT2D eigenvalue weighted by molar-refractivity contribution is 0.0934. The van der Waals surface area contributed by atoms with Crippen LogP contribution in [-0.2, 0) is 23.0 Å². The molecule has 2 unspecified atom stereocenters. The molecule has 134 valence electrons. The van der Waals surface area contributed by atoms with Crippen LogP contribution in [0.2, 0.25) is 0 Å². The van der Waals surface area contributed by atoms with Gasteiger partial charge in [0, 0.05) is 24.8 Å². The van der Waals surface area contributed by atoms with E-state index < -0.39 is 10.0 Å². The lowest BCUT2D eigenvalue weighted by Crippen LogP contribution is -2.46. The van der Waals surface area contributed by atoms with E-state index in [9.17, 15) is 13.2 Å². The Morgan fingerprint density at radius 3 is 2.83 bits per heavy atom. The van der Waals surface area contributed by atoms with Gasteiger partial charge in [-0.25, -0.2) is 13.1 Å². The SMILES string of the molecule is CS(=O)(=O)NC1CCCCC1CNC(=O)c1cc2n(n1)CCCC2. The predicted molar refractivity (Wildman–Crippen MR) is 91.2 cm³/mol. The van der Waals surface area contributed by atoms with Gasteiger partial charge < -0.3 is 5.32 Å². The number of hydrogen-bond donors (Lipinski definition) is 2. The first-order valence-electron chi connectivity index (χ1n) is 8.74. The zero-order valence-corrected chi connectivity index (χ0v) is 14.9. The molecular formula is C16H26N4O3S. The molecule has 0 saturated heterocycles. The number of aryl methyl sites for hydroxylation is 2. The van der Waals surface area contributed by atoms with Gasteiger partial charge >= 0.3 is 0 Å². The van der Waals surface area contributed by atoms with Gasteiger partial charge in [0.1, 0.15) is 5.69 Å². The number of fused-ring (bicyclic) bond motifs is 1. The molecule has 2 N–H and O–H groups in total. The number of nitrogens with zero attached hydrogens (tertiary/aromatic N) is 2. The van der Waals surface area contributed by atoms with Gasteiger partial charge in [-0.3, -0.25) is 9.48 Å². The second-order valence-corrected chi connectivity index (χ2v) is 8.73. The van der Waals surface area contributed by atoms with E-state index in [1.165, 1.54) is 6.26 Å². The molecule has 1 saturated carbocycles.